The molecule has 0 spiro atoms. The number of benzene rings is 4. The molecule has 0 aliphatic carbocycles. The summed E-state index contributed by atoms with van der Waals surface area (Å²) in [6, 6.07) is 32.0. The smallest absolute Gasteiger partial charge is 0.227 e. The van der Waals surface area contributed by atoms with Crippen LogP contribution in [0.4, 0.5) is 0 Å². The van der Waals surface area contributed by atoms with Crippen molar-refractivity contribution in [1.29, 1.82) is 0 Å². The van der Waals surface area contributed by atoms with E-state index in [0.29, 0.717) is 11.8 Å². The molecule has 0 N–H and O–H groups in total. The normalized spacial score (nSPS) is 11.6. The zero-order valence-corrected chi connectivity index (χ0v) is 17.1. The predicted molar refractivity (Wildman–Crippen MR) is 128 cm³/mol. The predicted octanol–water partition coefficient (Wildman–Crippen LogP) is 7.47. The number of aromatic nitrogens is 2. The summed E-state index contributed by atoms with van der Waals surface area (Å²) >= 11 is 0. The van der Waals surface area contributed by atoms with Crippen LogP contribution in [-0.2, 0) is 0 Å². The van der Waals surface area contributed by atoms with Crippen LogP contribution >= 0.6 is 0 Å². The Balaban J connectivity index is 1.19. The number of oxazole rings is 2. The summed E-state index contributed by atoms with van der Waals surface area (Å²) in [4.78, 5) is 9.11. The maximum atomic E-state index is 5.85. The number of fused-ring (bicyclic) bond motifs is 2. The summed E-state index contributed by atoms with van der Waals surface area (Å²) in [6.07, 6.45) is 4.18. The highest BCUT2D eigenvalue weighted by atomic mass is 16.4. The summed E-state index contributed by atoms with van der Waals surface area (Å²) in [7, 11) is 0. The molecular weight excluding hydrogens is 396 g/mol. The Morgan fingerprint density at radius 2 is 0.875 bits per heavy atom. The van der Waals surface area contributed by atoms with Gasteiger partial charge in [0.25, 0.3) is 0 Å². The lowest BCUT2D eigenvalue weighted by atomic mass is 10.1. The first-order chi connectivity index (χ1) is 15.8. The van der Waals surface area contributed by atoms with Crippen LogP contribution in [0.15, 0.2) is 106 Å². The molecule has 4 heteroatoms. The Labute approximate surface area is 184 Å². The van der Waals surface area contributed by atoms with Crippen LogP contribution in [0.2, 0.25) is 0 Å². The molecule has 6 rings (SSSR count). The fourth-order valence-corrected chi connectivity index (χ4v) is 3.66. The number of rotatable bonds is 4. The molecule has 0 amide bonds. The van der Waals surface area contributed by atoms with E-state index in [1.54, 1.807) is 0 Å². The van der Waals surface area contributed by atoms with E-state index in [2.05, 4.69) is 46.4 Å². The van der Waals surface area contributed by atoms with E-state index in [9.17, 15) is 0 Å². The number of hydrogen-bond donors (Lipinski definition) is 0. The van der Waals surface area contributed by atoms with E-state index in [-0.39, 0.29) is 0 Å². The van der Waals surface area contributed by atoms with Crippen LogP contribution in [0, 0.1) is 0 Å². The summed E-state index contributed by atoms with van der Waals surface area (Å²) in [5.74, 6) is 1.27. The van der Waals surface area contributed by atoms with Crippen LogP contribution < -0.4 is 0 Å². The van der Waals surface area contributed by atoms with Crippen molar-refractivity contribution in [1.82, 2.24) is 9.97 Å². The third-order valence-electron chi connectivity index (χ3n) is 5.37. The summed E-state index contributed by atoms with van der Waals surface area (Å²) in [5, 5.41) is 0. The minimum absolute atomic E-state index is 0.636. The molecule has 2 heterocycles. The lowest BCUT2D eigenvalue weighted by Gasteiger charge is -1.99. The van der Waals surface area contributed by atoms with Gasteiger partial charge in [0.1, 0.15) is 11.0 Å². The largest absolute Gasteiger partial charge is 0.436 e. The molecule has 0 atom stereocenters. The average Bonchev–Trinajstić information content (AvgIpc) is 3.48. The van der Waals surface area contributed by atoms with Crippen molar-refractivity contribution in [2.45, 2.75) is 0 Å². The third-order valence-corrected chi connectivity index (χ3v) is 5.37. The van der Waals surface area contributed by atoms with Gasteiger partial charge in [0.2, 0.25) is 11.8 Å². The molecule has 152 valence electrons. The molecule has 0 saturated heterocycles. The second kappa shape index (κ2) is 7.67. The van der Waals surface area contributed by atoms with Crippen LogP contribution in [0.3, 0.4) is 0 Å². The topological polar surface area (TPSA) is 52.1 Å². The van der Waals surface area contributed by atoms with Crippen LogP contribution in [-0.4, -0.2) is 9.97 Å². The highest BCUT2D eigenvalue weighted by Crippen LogP contribution is 2.26. The molecule has 0 radical (unpaired) electrons. The SMILES string of the molecule is C(=Cc1ccc(-c2nc3ccccc3o2)cc1)c1ccc(-c2nc3ccccc3o2)cc1. The number of para-hydroxylation sites is 4. The van der Waals surface area contributed by atoms with Crippen molar-refractivity contribution in [3.63, 3.8) is 0 Å². The van der Waals surface area contributed by atoms with Crippen molar-refractivity contribution in [2.75, 3.05) is 0 Å². The maximum Gasteiger partial charge on any atom is 0.227 e. The monoisotopic (exact) mass is 414 g/mol. The van der Waals surface area contributed by atoms with Gasteiger partial charge in [0, 0.05) is 11.1 Å². The number of hydrogen-bond acceptors (Lipinski definition) is 4. The van der Waals surface area contributed by atoms with E-state index in [4.69, 9.17) is 8.83 Å². The minimum atomic E-state index is 0.636. The Morgan fingerprint density at radius 1 is 0.469 bits per heavy atom. The minimum Gasteiger partial charge on any atom is -0.436 e. The summed E-state index contributed by atoms with van der Waals surface area (Å²) < 4.78 is 11.7. The quantitative estimate of drug-likeness (QED) is 0.281. The molecule has 4 aromatic carbocycles. The Morgan fingerprint density at radius 3 is 1.28 bits per heavy atom. The van der Waals surface area contributed by atoms with Gasteiger partial charge in [-0.1, -0.05) is 60.7 Å². The molecule has 0 saturated carbocycles. The first-order valence-electron chi connectivity index (χ1n) is 10.4. The molecule has 2 aromatic heterocycles. The standard InChI is InChI=1S/C28H18N2O2/c1-3-7-25-23(5-1)29-27(31-25)21-15-11-19(12-16-21)9-10-20-13-17-22(18-14-20)28-30-24-6-2-4-8-26(24)32-28/h1-18H. The van der Waals surface area contributed by atoms with Crippen molar-refractivity contribution >= 4 is 34.4 Å². The van der Waals surface area contributed by atoms with Gasteiger partial charge in [0.05, 0.1) is 0 Å². The van der Waals surface area contributed by atoms with Crippen LogP contribution in [0.25, 0.3) is 57.3 Å². The zero-order chi connectivity index (χ0) is 21.3. The molecule has 6 aromatic rings. The lowest BCUT2D eigenvalue weighted by Crippen LogP contribution is -1.79. The second-order valence-electron chi connectivity index (χ2n) is 7.55. The first-order valence-corrected chi connectivity index (χ1v) is 10.4. The van der Waals surface area contributed by atoms with Crippen molar-refractivity contribution in [3.05, 3.63) is 108 Å². The van der Waals surface area contributed by atoms with Gasteiger partial charge in [-0.05, 0) is 59.7 Å². The third kappa shape index (κ3) is 3.48. The van der Waals surface area contributed by atoms with Gasteiger partial charge in [-0.25, -0.2) is 9.97 Å². The fourth-order valence-electron chi connectivity index (χ4n) is 3.66. The van der Waals surface area contributed by atoms with Gasteiger partial charge >= 0.3 is 0 Å². The van der Waals surface area contributed by atoms with Crippen molar-refractivity contribution in [2.24, 2.45) is 0 Å². The fraction of sp³-hybridized carbons (Fsp3) is 0. The van der Waals surface area contributed by atoms with E-state index >= 15 is 0 Å². The van der Waals surface area contributed by atoms with Crippen molar-refractivity contribution < 1.29 is 8.83 Å². The highest BCUT2D eigenvalue weighted by Gasteiger charge is 2.08. The second-order valence-corrected chi connectivity index (χ2v) is 7.55. The van der Waals surface area contributed by atoms with Crippen LogP contribution in [0.1, 0.15) is 11.1 Å². The average molecular weight is 414 g/mol. The Bertz CT molecular complexity index is 1370. The van der Waals surface area contributed by atoms with E-state index in [0.717, 1.165) is 44.5 Å². The Kier molecular flexibility index (Phi) is 4.40. The summed E-state index contributed by atoms with van der Waals surface area (Å²) in [6.45, 7) is 0. The lowest BCUT2D eigenvalue weighted by molar-refractivity contribution is 0.619. The van der Waals surface area contributed by atoms with Gasteiger partial charge in [0.15, 0.2) is 11.2 Å². The maximum absolute atomic E-state index is 5.85. The van der Waals surface area contributed by atoms with Crippen molar-refractivity contribution in [3.8, 4) is 22.9 Å². The zero-order valence-electron chi connectivity index (χ0n) is 17.1. The molecule has 32 heavy (non-hydrogen) atoms. The van der Waals surface area contributed by atoms with E-state index < -0.39 is 0 Å². The molecular formula is C28H18N2O2. The molecule has 0 unspecified atom stereocenters. The van der Waals surface area contributed by atoms with Gasteiger partial charge in [-0.3, -0.25) is 0 Å². The van der Waals surface area contributed by atoms with Crippen LogP contribution in [0.5, 0.6) is 0 Å². The molecule has 0 aliphatic heterocycles. The summed E-state index contributed by atoms with van der Waals surface area (Å²) in [5.41, 5.74) is 7.46. The van der Waals surface area contributed by atoms with Gasteiger partial charge in [-0.15, -0.1) is 0 Å². The Hall–Kier alpha value is -4.44. The van der Waals surface area contributed by atoms with E-state index in [1.807, 2.05) is 72.8 Å². The van der Waals surface area contributed by atoms with E-state index in [1.165, 1.54) is 0 Å². The molecule has 4 nitrogen and oxygen atoms in total. The van der Waals surface area contributed by atoms with Gasteiger partial charge in [-0.2, -0.15) is 0 Å². The highest BCUT2D eigenvalue weighted by molar-refractivity contribution is 5.78. The van der Waals surface area contributed by atoms with Gasteiger partial charge < -0.3 is 8.83 Å². The molecule has 0 fully saturated rings. The molecule has 0 aliphatic rings. The molecule has 0 bridgehead atoms. The number of nitrogens with zero attached hydrogens (tertiary/aromatic N) is 2. The first kappa shape index (κ1) is 18.3.